The molecule has 26 heavy (non-hydrogen) atoms. The van der Waals surface area contributed by atoms with Crippen molar-refractivity contribution in [2.45, 2.75) is 4.90 Å². The number of hydrogen-bond donors (Lipinski definition) is 1. The number of amides is 1. The second kappa shape index (κ2) is 8.31. The largest absolute Gasteiger partial charge is 0.452 e. The average molecular weight is 397 g/mol. The van der Waals surface area contributed by atoms with Crippen LogP contribution in [0.1, 0.15) is 10.4 Å². The third-order valence-corrected chi connectivity index (χ3v) is 5.41. The molecule has 0 saturated heterocycles. The molecule has 0 unspecified atom stereocenters. The zero-order chi connectivity index (χ0) is 19.3. The zero-order valence-electron chi connectivity index (χ0n) is 14.1. The van der Waals surface area contributed by atoms with Gasteiger partial charge >= 0.3 is 5.97 Å². The van der Waals surface area contributed by atoms with Crippen LogP contribution in [0, 0.1) is 0 Å². The molecular weight excluding hydrogens is 380 g/mol. The van der Waals surface area contributed by atoms with Gasteiger partial charge in [0.05, 0.1) is 10.5 Å². The molecule has 0 aliphatic rings. The van der Waals surface area contributed by atoms with Crippen LogP contribution in [0.5, 0.6) is 0 Å². The number of rotatable bonds is 6. The van der Waals surface area contributed by atoms with Gasteiger partial charge in [0.15, 0.2) is 6.61 Å². The third-order valence-electron chi connectivity index (χ3n) is 3.33. The predicted octanol–water partition coefficient (Wildman–Crippen LogP) is 2.39. The molecule has 7 nitrogen and oxygen atoms in total. The number of nitrogens with one attached hydrogen (secondary N) is 1. The maximum atomic E-state index is 12.0. The van der Waals surface area contributed by atoms with Gasteiger partial charge in [-0.25, -0.2) is 17.5 Å². The minimum atomic E-state index is -3.58. The Labute approximate surface area is 156 Å². The van der Waals surface area contributed by atoms with Crippen LogP contribution in [0.3, 0.4) is 0 Å². The fourth-order valence-corrected chi connectivity index (χ4v) is 2.95. The summed E-state index contributed by atoms with van der Waals surface area (Å²) in [5, 5.41) is 3.09. The molecule has 0 radical (unpaired) electrons. The normalized spacial score (nSPS) is 11.2. The van der Waals surface area contributed by atoms with Crippen molar-refractivity contribution in [3.8, 4) is 0 Å². The van der Waals surface area contributed by atoms with E-state index in [4.69, 9.17) is 16.3 Å². The van der Waals surface area contributed by atoms with Crippen LogP contribution in [0.25, 0.3) is 0 Å². The maximum absolute atomic E-state index is 12.0. The minimum absolute atomic E-state index is 0.0551. The van der Waals surface area contributed by atoms with Gasteiger partial charge in [0, 0.05) is 24.8 Å². The molecule has 0 spiro atoms. The van der Waals surface area contributed by atoms with Gasteiger partial charge in [-0.2, -0.15) is 0 Å². The number of benzene rings is 2. The Morgan fingerprint density at radius 2 is 1.62 bits per heavy atom. The van der Waals surface area contributed by atoms with Gasteiger partial charge in [-0.1, -0.05) is 11.6 Å². The maximum Gasteiger partial charge on any atom is 0.338 e. The van der Waals surface area contributed by atoms with Crippen molar-refractivity contribution < 1.29 is 22.7 Å². The first-order valence-corrected chi connectivity index (χ1v) is 9.27. The Morgan fingerprint density at radius 1 is 1.04 bits per heavy atom. The van der Waals surface area contributed by atoms with E-state index in [1.54, 1.807) is 24.3 Å². The van der Waals surface area contributed by atoms with Gasteiger partial charge in [0.25, 0.3) is 5.91 Å². The number of halogens is 1. The summed E-state index contributed by atoms with van der Waals surface area (Å²) in [6.45, 7) is -0.473. The Bertz CT molecular complexity index is 894. The van der Waals surface area contributed by atoms with Crippen molar-refractivity contribution in [3.63, 3.8) is 0 Å². The number of ether oxygens (including phenoxy) is 1. The highest BCUT2D eigenvalue weighted by molar-refractivity contribution is 7.89. The van der Waals surface area contributed by atoms with Gasteiger partial charge in [0.1, 0.15) is 0 Å². The summed E-state index contributed by atoms with van der Waals surface area (Å²) in [5.74, 6) is -1.24. The van der Waals surface area contributed by atoms with Gasteiger partial charge in [-0.15, -0.1) is 0 Å². The van der Waals surface area contributed by atoms with E-state index < -0.39 is 28.5 Å². The van der Waals surface area contributed by atoms with Crippen LogP contribution >= 0.6 is 11.6 Å². The first-order valence-electron chi connectivity index (χ1n) is 7.45. The third kappa shape index (κ3) is 5.04. The van der Waals surface area contributed by atoms with Crippen LogP contribution in [0.15, 0.2) is 53.4 Å². The van der Waals surface area contributed by atoms with Crippen molar-refractivity contribution in [1.29, 1.82) is 0 Å². The second-order valence-corrected chi connectivity index (χ2v) is 8.03. The van der Waals surface area contributed by atoms with Gasteiger partial charge < -0.3 is 10.1 Å². The molecule has 2 aromatic rings. The standard InChI is InChI=1S/C17H17ClN2O5S/c1-20(2)26(23,24)15-9-3-12(4-10-15)17(22)25-11-16(21)19-14-7-5-13(18)6-8-14/h3-10H,11H2,1-2H3,(H,19,21). The van der Waals surface area contributed by atoms with Crippen molar-refractivity contribution in [3.05, 3.63) is 59.1 Å². The van der Waals surface area contributed by atoms with Gasteiger partial charge in [0.2, 0.25) is 10.0 Å². The lowest BCUT2D eigenvalue weighted by atomic mass is 10.2. The molecular formula is C17H17ClN2O5S. The van der Waals surface area contributed by atoms with Crippen LogP contribution in [0.2, 0.25) is 5.02 Å². The lowest BCUT2D eigenvalue weighted by molar-refractivity contribution is -0.119. The predicted molar refractivity (Wildman–Crippen MR) is 97.7 cm³/mol. The Kier molecular flexibility index (Phi) is 6.36. The van der Waals surface area contributed by atoms with Crippen LogP contribution < -0.4 is 5.32 Å². The summed E-state index contributed by atoms with van der Waals surface area (Å²) >= 11 is 5.75. The van der Waals surface area contributed by atoms with E-state index in [1.165, 1.54) is 38.4 Å². The summed E-state index contributed by atoms with van der Waals surface area (Å²) in [5.41, 5.74) is 0.663. The molecule has 1 amide bonds. The molecule has 0 aliphatic carbocycles. The highest BCUT2D eigenvalue weighted by atomic mass is 35.5. The van der Waals surface area contributed by atoms with Crippen molar-refractivity contribution in [2.24, 2.45) is 0 Å². The molecule has 2 rings (SSSR count). The van der Waals surface area contributed by atoms with E-state index in [1.807, 2.05) is 0 Å². The fourth-order valence-electron chi connectivity index (χ4n) is 1.92. The first-order chi connectivity index (χ1) is 12.2. The summed E-state index contributed by atoms with van der Waals surface area (Å²) in [6.07, 6.45) is 0. The molecule has 138 valence electrons. The van der Waals surface area contributed by atoms with Crippen molar-refractivity contribution in [2.75, 3.05) is 26.0 Å². The summed E-state index contributed by atoms with van der Waals surface area (Å²) < 4.78 is 29.9. The summed E-state index contributed by atoms with van der Waals surface area (Å²) in [7, 11) is -0.748. The highest BCUT2D eigenvalue weighted by Crippen LogP contribution is 2.15. The number of nitrogens with zero attached hydrogens (tertiary/aromatic N) is 1. The number of anilines is 1. The molecule has 0 bridgehead atoms. The number of carbonyl (C=O) groups is 2. The molecule has 2 aromatic carbocycles. The van der Waals surface area contributed by atoms with Gasteiger partial charge in [-0.05, 0) is 48.5 Å². The monoisotopic (exact) mass is 396 g/mol. The van der Waals surface area contributed by atoms with Crippen molar-refractivity contribution in [1.82, 2.24) is 4.31 Å². The zero-order valence-corrected chi connectivity index (χ0v) is 15.7. The topological polar surface area (TPSA) is 92.8 Å². The van der Waals surface area contributed by atoms with Crippen LogP contribution in [-0.2, 0) is 19.6 Å². The number of hydrogen-bond acceptors (Lipinski definition) is 5. The number of carbonyl (C=O) groups excluding carboxylic acids is 2. The molecule has 0 aliphatic heterocycles. The van der Waals surface area contributed by atoms with E-state index >= 15 is 0 Å². The first kappa shape index (κ1) is 19.9. The highest BCUT2D eigenvalue weighted by Gasteiger charge is 2.18. The molecule has 0 heterocycles. The SMILES string of the molecule is CN(C)S(=O)(=O)c1ccc(C(=O)OCC(=O)Nc2ccc(Cl)cc2)cc1. The smallest absolute Gasteiger partial charge is 0.338 e. The minimum Gasteiger partial charge on any atom is -0.452 e. The number of esters is 1. The van der Waals surface area contributed by atoms with E-state index in [2.05, 4.69) is 5.32 Å². The molecule has 0 aromatic heterocycles. The number of sulfonamides is 1. The molecule has 1 N–H and O–H groups in total. The lowest BCUT2D eigenvalue weighted by Gasteiger charge is -2.11. The second-order valence-electron chi connectivity index (χ2n) is 5.44. The lowest BCUT2D eigenvalue weighted by Crippen LogP contribution is -2.22. The summed E-state index contributed by atoms with van der Waals surface area (Å²) in [6, 6.07) is 11.7. The molecule has 0 fully saturated rings. The summed E-state index contributed by atoms with van der Waals surface area (Å²) in [4.78, 5) is 23.8. The average Bonchev–Trinajstić information content (AvgIpc) is 2.61. The van der Waals surface area contributed by atoms with E-state index in [9.17, 15) is 18.0 Å². The Morgan fingerprint density at radius 3 is 2.15 bits per heavy atom. The van der Waals surface area contributed by atoms with Crippen molar-refractivity contribution >= 4 is 39.2 Å². The molecule has 0 saturated carbocycles. The van der Waals surface area contributed by atoms with Crippen LogP contribution in [0.4, 0.5) is 5.69 Å². The van der Waals surface area contributed by atoms with E-state index in [0.717, 1.165) is 4.31 Å². The quantitative estimate of drug-likeness (QED) is 0.757. The molecule has 9 heteroatoms. The molecule has 0 atom stereocenters. The Balaban J connectivity index is 1.93. The van der Waals surface area contributed by atoms with Crippen LogP contribution in [-0.4, -0.2) is 45.3 Å². The van der Waals surface area contributed by atoms with Gasteiger partial charge in [-0.3, -0.25) is 4.79 Å². The van der Waals surface area contributed by atoms with E-state index in [0.29, 0.717) is 10.7 Å². The fraction of sp³-hybridized carbons (Fsp3) is 0.176. The Hall–Kier alpha value is -2.42. The van der Waals surface area contributed by atoms with E-state index in [-0.39, 0.29) is 10.5 Å².